The first-order chi connectivity index (χ1) is 16.0. The SMILES string of the molecule is COc1cccc(-c2csc3nc(NC(=O)/C=C/c4coc5ccc(C)cc5c4=O)nn23)c1. The minimum Gasteiger partial charge on any atom is -0.497 e. The maximum atomic E-state index is 12.7. The second kappa shape index (κ2) is 8.36. The standard InChI is InChI=1S/C24H18N4O4S/c1-14-6-8-20-18(10-14)22(30)16(12-32-20)7-9-21(29)25-23-26-24-28(27-23)19(13-33-24)15-4-3-5-17(11-15)31-2/h3-13H,1-2H3,(H,25,27,29)/b9-7+. The van der Waals surface area contributed by atoms with E-state index in [-0.39, 0.29) is 16.9 Å². The number of nitrogens with zero attached hydrogens (tertiary/aromatic N) is 3. The lowest BCUT2D eigenvalue weighted by molar-refractivity contribution is -0.111. The second-order valence-electron chi connectivity index (χ2n) is 7.33. The van der Waals surface area contributed by atoms with Gasteiger partial charge in [-0.25, -0.2) is 4.52 Å². The molecule has 0 saturated carbocycles. The maximum Gasteiger partial charge on any atom is 0.250 e. The summed E-state index contributed by atoms with van der Waals surface area (Å²) >= 11 is 1.41. The molecule has 3 aromatic heterocycles. The fourth-order valence-electron chi connectivity index (χ4n) is 3.41. The number of anilines is 1. The highest BCUT2D eigenvalue weighted by molar-refractivity contribution is 7.15. The average Bonchev–Trinajstić information content (AvgIpc) is 3.39. The zero-order valence-electron chi connectivity index (χ0n) is 17.7. The van der Waals surface area contributed by atoms with Crippen molar-refractivity contribution in [2.75, 3.05) is 12.4 Å². The van der Waals surface area contributed by atoms with Gasteiger partial charge in [0, 0.05) is 17.0 Å². The summed E-state index contributed by atoms with van der Waals surface area (Å²) in [5, 5.41) is 9.44. The van der Waals surface area contributed by atoms with Gasteiger partial charge in [0.05, 0.1) is 23.8 Å². The smallest absolute Gasteiger partial charge is 0.250 e. The van der Waals surface area contributed by atoms with Crippen LogP contribution in [0, 0.1) is 6.92 Å². The van der Waals surface area contributed by atoms with Crippen LogP contribution < -0.4 is 15.5 Å². The van der Waals surface area contributed by atoms with Gasteiger partial charge < -0.3 is 9.15 Å². The highest BCUT2D eigenvalue weighted by Gasteiger charge is 2.13. The second-order valence-corrected chi connectivity index (χ2v) is 8.16. The summed E-state index contributed by atoms with van der Waals surface area (Å²) in [5.41, 5.74) is 3.28. The summed E-state index contributed by atoms with van der Waals surface area (Å²) in [4.78, 5) is 30.1. The van der Waals surface area contributed by atoms with E-state index in [0.717, 1.165) is 22.6 Å². The quantitative estimate of drug-likeness (QED) is 0.389. The minimum atomic E-state index is -0.458. The van der Waals surface area contributed by atoms with Crippen LogP contribution in [0.5, 0.6) is 5.75 Å². The highest BCUT2D eigenvalue weighted by atomic mass is 32.1. The van der Waals surface area contributed by atoms with Crippen LogP contribution in [0.1, 0.15) is 11.1 Å². The highest BCUT2D eigenvalue weighted by Crippen LogP contribution is 2.28. The number of fused-ring (bicyclic) bond motifs is 2. The summed E-state index contributed by atoms with van der Waals surface area (Å²) in [5.74, 6) is 0.445. The molecule has 0 saturated heterocycles. The maximum absolute atomic E-state index is 12.7. The van der Waals surface area contributed by atoms with Gasteiger partial charge in [0.1, 0.15) is 17.6 Å². The lowest BCUT2D eigenvalue weighted by atomic mass is 10.1. The summed E-state index contributed by atoms with van der Waals surface area (Å²) < 4.78 is 12.5. The predicted molar refractivity (Wildman–Crippen MR) is 128 cm³/mol. The van der Waals surface area contributed by atoms with Crippen molar-refractivity contribution >= 4 is 45.2 Å². The first-order valence-electron chi connectivity index (χ1n) is 10.0. The molecule has 8 nitrogen and oxygen atoms in total. The number of rotatable bonds is 5. The number of thiazole rings is 1. The van der Waals surface area contributed by atoms with Gasteiger partial charge in [-0.05, 0) is 37.3 Å². The lowest BCUT2D eigenvalue weighted by Gasteiger charge is -2.02. The van der Waals surface area contributed by atoms with E-state index < -0.39 is 5.91 Å². The molecule has 2 aromatic carbocycles. The van der Waals surface area contributed by atoms with Crippen molar-refractivity contribution in [1.82, 2.24) is 14.6 Å². The predicted octanol–water partition coefficient (Wildman–Crippen LogP) is 4.53. The first kappa shape index (κ1) is 20.7. The van der Waals surface area contributed by atoms with Crippen LogP contribution in [-0.2, 0) is 4.79 Å². The monoisotopic (exact) mass is 458 g/mol. The van der Waals surface area contributed by atoms with Gasteiger partial charge in [-0.1, -0.05) is 23.8 Å². The van der Waals surface area contributed by atoms with Gasteiger partial charge in [-0.15, -0.1) is 16.4 Å². The van der Waals surface area contributed by atoms with Gasteiger partial charge in [0.2, 0.25) is 4.96 Å². The number of hydrogen-bond acceptors (Lipinski definition) is 7. The van der Waals surface area contributed by atoms with E-state index in [1.165, 1.54) is 29.8 Å². The van der Waals surface area contributed by atoms with E-state index in [9.17, 15) is 9.59 Å². The molecule has 0 bridgehead atoms. The van der Waals surface area contributed by atoms with E-state index in [0.29, 0.717) is 15.9 Å². The molecule has 1 amide bonds. The zero-order chi connectivity index (χ0) is 22.9. The Bertz CT molecular complexity index is 1600. The molecule has 9 heteroatoms. The average molecular weight is 458 g/mol. The Kier molecular flexibility index (Phi) is 5.23. The van der Waals surface area contributed by atoms with Crippen LogP contribution in [0.25, 0.3) is 33.3 Å². The number of carbonyl (C=O) groups is 1. The number of amides is 1. The summed E-state index contributed by atoms with van der Waals surface area (Å²) in [6.07, 6.45) is 4.02. The molecular formula is C24H18N4O4S. The van der Waals surface area contributed by atoms with Crippen molar-refractivity contribution in [2.45, 2.75) is 6.92 Å². The fourth-order valence-corrected chi connectivity index (χ4v) is 4.24. The Balaban J connectivity index is 1.37. The van der Waals surface area contributed by atoms with Crippen molar-refractivity contribution in [3.05, 3.63) is 81.5 Å². The number of carbonyl (C=O) groups excluding carboxylic acids is 1. The van der Waals surface area contributed by atoms with Crippen molar-refractivity contribution < 1.29 is 13.9 Å². The van der Waals surface area contributed by atoms with Crippen LogP contribution in [0.4, 0.5) is 5.95 Å². The van der Waals surface area contributed by atoms with Crippen molar-refractivity contribution in [1.29, 1.82) is 0 Å². The van der Waals surface area contributed by atoms with E-state index in [1.807, 2.05) is 42.6 Å². The molecule has 3 heterocycles. The molecule has 0 atom stereocenters. The van der Waals surface area contributed by atoms with Crippen molar-refractivity contribution in [3.8, 4) is 17.0 Å². The molecule has 0 aliphatic rings. The summed E-state index contributed by atoms with van der Waals surface area (Å²) in [6.45, 7) is 1.90. The number of hydrogen-bond donors (Lipinski definition) is 1. The van der Waals surface area contributed by atoms with Crippen molar-refractivity contribution in [3.63, 3.8) is 0 Å². The third-order valence-corrected chi connectivity index (χ3v) is 5.87. The third kappa shape index (κ3) is 4.01. The number of nitrogens with one attached hydrogen (secondary N) is 1. The molecule has 0 aliphatic carbocycles. The van der Waals surface area contributed by atoms with Crippen molar-refractivity contribution in [2.24, 2.45) is 0 Å². The number of aromatic nitrogens is 3. The van der Waals surface area contributed by atoms with Crippen LogP contribution in [0.2, 0.25) is 0 Å². The van der Waals surface area contributed by atoms with Crippen LogP contribution in [0.15, 0.2) is 69.4 Å². The van der Waals surface area contributed by atoms with E-state index in [4.69, 9.17) is 9.15 Å². The van der Waals surface area contributed by atoms with E-state index >= 15 is 0 Å². The van der Waals surface area contributed by atoms with E-state index in [2.05, 4.69) is 15.4 Å². The Morgan fingerprint density at radius 1 is 1.24 bits per heavy atom. The minimum absolute atomic E-state index is 0.168. The van der Waals surface area contributed by atoms with Crippen LogP contribution in [0.3, 0.4) is 0 Å². The molecule has 33 heavy (non-hydrogen) atoms. The lowest BCUT2D eigenvalue weighted by Crippen LogP contribution is -2.10. The molecule has 0 fully saturated rings. The fraction of sp³-hybridized carbons (Fsp3) is 0.0833. The van der Waals surface area contributed by atoms with Crippen LogP contribution in [-0.4, -0.2) is 27.6 Å². The third-order valence-electron chi connectivity index (χ3n) is 5.05. The molecule has 0 radical (unpaired) electrons. The van der Waals surface area contributed by atoms with E-state index in [1.54, 1.807) is 23.8 Å². The molecule has 1 N–H and O–H groups in total. The molecule has 5 aromatic rings. The molecule has 5 rings (SSSR count). The molecule has 0 unspecified atom stereocenters. The van der Waals surface area contributed by atoms with Crippen LogP contribution >= 0.6 is 11.3 Å². The largest absolute Gasteiger partial charge is 0.497 e. The number of methoxy groups -OCH3 is 1. The Hall–Kier alpha value is -4.24. The molecule has 164 valence electrons. The zero-order valence-corrected chi connectivity index (χ0v) is 18.6. The van der Waals surface area contributed by atoms with Gasteiger partial charge in [-0.2, -0.15) is 4.98 Å². The van der Waals surface area contributed by atoms with Gasteiger partial charge >= 0.3 is 0 Å². The molecular weight excluding hydrogens is 440 g/mol. The van der Waals surface area contributed by atoms with Gasteiger partial charge in [-0.3, -0.25) is 14.9 Å². The summed E-state index contributed by atoms with van der Waals surface area (Å²) in [7, 11) is 1.61. The molecule has 0 aliphatic heterocycles. The molecule has 0 spiro atoms. The number of aryl methyl sites for hydroxylation is 1. The summed E-state index contributed by atoms with van der Waals surface area (Å²) in [6, 6.07) is 13.0. The van der Waals surface area contributed by atoms with Gasteiger partial charge in [0.25, 0.3) is 11.9 Å². The topological polar surface area (TPSA) is 98.7 Å². The Morgan fingerprint density at radius 3 is 2.97 bits per heavy atom. The number of benzene rings is 2. The normalized spacial score (nSPS) is 11.5. The first-order valence-corrected chi connectivity index (χ1v) is 10.9. The number of ether oxygens (including phenoxy) is 1. The van der Waals surface area contributed by atoms with Gasteiger partial charge in [0.15, 0.2) is 5.43 Å². The Morgan fingerprint density at radius 2 is 2.12 bits per heavy atom. The Labute approximate surface area is 191 Å².